The molecule has 0 saturated heterocycles. The average Bonchev–Trinajstić information content (AvgIpc) is 2.79. The maximum Gasteiger partial charge on any atom is 0.171 e. The number of rotatable bonds is 1. The van der Waals surface area contributed by atoms with Crippen LogP contribution in [0.1, 0.15) is 71.6 Å². The van der Waals surface area contributed by atoms with Crippen molar-refractivity contribution in [2.24, 2.45) is 33.6 Å². The molecule has 0 spiro atoms. The molecule has 0 aliphatic heterocycles. The molecule has 3 fully saturated rings. The van der Waals surface area contributed by atoms with Gasteiger partial charge in [-0.2, -0.15) is 4.99 Å². The number of hydrogen-bond donors (Lipinski definition) is 1. The van der Waals surface area contributed by atoms with E-state index in [4.69, 9.17) is 12.2 Å². The van der Waals surface area contributed by atoms with E-state index >= 15 is 0 Å². The number of nitrogens with zero attached hydrogens (tertiary/aromatic N) is 1. The molecule has 0 aromatic rings. The van der Waals surface area contributed by atoms with Crippen molar-refractivity contribution in [3.63, 3.8) is 0 Å². The number of aliphatic imine (C=N–C) groups is 1. The summed E-state index contributed by atoms with van der Waals surface area (Å²) in [5.74, 6) is 2.10. The number of thiocarbonyl (C=S) groups is 1. The predicted octanol–water partition coefficient (Wildman–Crippen LogP) is 5.13. The van der Waals surface area contributed by atoms with Gasteiger partial charge in [0.05, 0.1) is 5.16 Å². The van der Waals surface area contributed by atoms with E-state index in [0.29, 0.717) is 11.3 Å². The lowest BCUT2D eigenvalue weighted by molar-refractivity contribution is -0.117. The first-order valence-corrected chi connectivity index (χ1v) is 9.86. The maximum atomic E-state index is 11.1. The molecule has 0 aromatic carbocycles. The molecule has 0 amide bonds. The van der Waals surface area contributed by atoms with Crippen molar-refractivity contribution in [2.45, 2.75) is 77.4 Å². The number of aliphatic hydroxyl groups is 1. The van der Waals surface area contributed by atoms with Crippen molar-refractivity contribution < 1.29 is 5.11 Å². The summed E-state index contributed by atoms with van der Waals surface area (Å²) in [7, 11) is 0. The van der Waals surface area contributed by atoms with Gasteiger partial charge in [0.1, 0.15) is 0 Å². The van der Waals surface area contributed by atoms with Crippen LogP contribution in [0.25, 0.3) is 0 Å². The van der Waals surface area contributed by atoms with Crippen LogP contribution in [0.15, 0.2) is 16.6 Å². The molecule has 23 heavy (non-hydrogen) atoms. The standard InChI is InChI=1S/C20H29NOS/c1-18-10-4-3-5-14(18)6-7-15-16(18)8-11-19(2)17(15)9-12-20(19,22)21-13-23/h6,15-17,22H,3-5,7-12H2,1-2H3/t15-,16-,17-,18+,19?,20?/m1/s1. The SMILES string of the molecule is CC12CC[C@@H]3[C@@H](CC=C4CCCC[C@@]43C)[C@H]1CCC2(O)N=C=S. The molecule has 2 nitrogen and oxygen atoms in total. The van der Waals surface area contributed by atoms with E-state index in [1.54, 1.807) is 5.57 Å². The van der Waals surface area contributed by atoms with Gasteiger partial charge >= 0.3 is 0 Å². The van der Waals surface area contributed by atoms with Gasteiger partial charge in [0.2, 0.25) is 0 Å². The second-order valence-corrected chi connectivity index (χ2v) is 9.16. The zero-order valence-electron chi connectivity index (χ0n) is 14.5. The van der Waals surface area contributed by atoms with Gasteiger partial charge in [-0.15, -0.1) is 0 Å². The molecule has 4 aliphatic rings. The molecule has 2 unspecified atom stereocenters. The summed E-state index contributed by atoms with van der Waals surface area (Å²) in [6.07, 6.45) is 13.4. The summed E-state index contributed by atoms with van der Waals surface area (Å²) in [5, 5.41) is 13.6. The molecule has 3 saturated carbocycles. The summed E-state index contributed by atoms with van der Waals surface area (Å²) < 4.78 is 0. The molecular formula is C20H29NOS. The van der Waals surface area contributed by atoms with Gasteiger partial charge < -0.3 is 5.11 Å². The molecule has 3 heteroatoms. The Balaban J connectivity index is 1.71. The van der Waals surface area contributed by atoms with Crippen molar-refractivity contribution in [3.8, 4) is 0 Å². The Kier molecular flexibility index (Phi) is 3.65. The molecule has 0 heterocycles. The number of allylic oxidation sites excluding steroid dienone is 2. The van der Waals surface area contributed by atoms with Crippen LogP contribution < -0.4 is 0 Å². The number of fused-ring (bicyclic) bond motifs is 5. The Morgan fingerprint density at radius 1 is 1.17 bits per heavy atom. The van der Waals surface area contributed by atoms with E-state index in [1.807, 2.05) is 0 Å². The Bertz CT molecular complexity index is 594. The zero-order valence-corrected chi connectivity index (χ0v) is 15.3. The van der Waals surface area contributed by atoms with Crippen molar-refractivity contribution >= 4 is 17.4 Å². The van der Waals surface area contributed by atoms with Gasteiger partial charge in [-0.1, -0.05) is 31.9 Å². The minimum atomic E-state index is -0.970. The fourth-order valence-electron chi connectivity index (χ4n) is 6.95. The van der Waals surface area contributed by atoms with E-state index in [1.165, 1.54) is 38.5 Å². The molecule has 0 radical (unpaired) electrons. The zero-order chi connectivity index (χ0) is 16.3. The Labute approximate surface area is 145 Å². The highest BCUT2D eigenvalue weighted by atomic mass is 32.1. The molecule has 126 valence electrons. The highest BCUT2D eigenvalue weighted by Gasteiger charge is 2.63. The van der Waals surface area contributed by atoms with Gasteiger partial charge in [-0.3, -0.25) is 0 Å². The fourth-order valence-corrected chi connectivity index (χ4v) is 7.10. The van der Waals surface area contributed by atoms with Crippen molar-refractivity contribution in [2.75, 3.05) is 0 Å². The molecule has 0 aromatic heterocycles. The quantitative estimate of drug-likeness (QED) is 0.410. The minimum absolute atomic E-state index is 0.115. The van der Waals surface area contributed by atoms with Crippen LogP contribution in [-0.4, -0.2) is 16.0 Å². The maximum absolute atomic E-state index is 11.1. The number of isothiocyanates is 1. The highest BCUT2D eigenvalue weighted by molar-refractivity contribution is 7.78. The smallest absolute Gasteiger partial charge is 0.171 e. The molecule has 4 rings (SSSR count). The van der Waals surface area contributed by atoms with E-state index in [2.05, 4.69) is 30.1 Å². The van der Waals surface area contributed by atoms with Gasteiger partial charge in [0.15, 0.2) is 5.72 Å². The van der Waals surface area contributed by atoms with E-state index in [0.717, 1.165) is 31.1 Å². The monoisotopic (exact) mass is 331 g/mol. The van der Waals surface area contributed by atoms with Crippen LogP contribution in [0, 0.1) is 28.6 Å². The third kappa shape index (κ3) is 2.03. The lowest BCUT2D eigenvalue weighted by Gasteiger charge is -2.58. The normalized spacial score (nSPS) is 51.8. The fraction of sp³-hybridized carbons (Fsp3) is 0.850. The van der Waals surface area contributed by atoms with Crippen LogP contribution in [0.2, 0.25) is 0 Å². The predicted molar refractivity (Wildman–Crippen MR) is 96.3 cm³/mol. The third-order valence-corrected chi connectivity index (χ3v) is 8.45. The summed E-state index contributed by atoms with van der Waals surface area (Å²) >= 11 is 4.83. The van der Waals surface area contributed by atoms with Gasteiger partial charge in [-0.05, 0) is 86.8 Å². The van der Waals surface area contributed by atoms with Crippen LogP contribution in [-0.2, 0) is 0 Å². The molecule has 0 bridgehead atoms. The number of hydrogen-bond acceptors (Lipinski definition) is 3. The molecule has 1 N–H and O–H groups in total. The van der Waals surface area contributed by atoms with E-state index in [9.17, 15) is 5.11 Å². The topological polar surface area (TPSA) is 32.6 Å². The van der Waals surface area contributed by atoms with Gasteiger partial charge in [0.25, 0.3) is 0 Å². The van der Waals surface area contributed by atoms with Crippen LogP contribution in [0.5, 0.6) is 0 Å². The first kappa shape index (κ1) is 16.0. The second kappa shape index (κ2) is 5.25. The second-order valence-electron chi connectivity index (χ2n) is 8.98. The Morgan fingerprint density at radius 2 is 1.96 bits per heavy atom. The summed E-state index contributed by atoms with van der Waals surface area (Å²) in [4.78, 5) is 4.25. The summed E-state index contributed by atoms with van der Waals surface area (Å²) in [6.45, 7) is 4.80. The lowest BCUT2D eigenvalue weighted by atomic mass is 9.47. The molecule has 6 atom stereocenters. The van der Waals surface area contributed by atoms with Crippen LogP contribution >= 0.6 is 12.2 Å². The van der Waals surface area contributed by atoms with E-state index in [-0.39, 0.29) is 5.41 Å². The van der Waals surface area contributed by atoms with Gasteiger partial charge in [0, 0.05) is 5.41 Å². The van der Waals surface area contributed by atoms with Gasteiger partial charge in [-0.25, -0.2) is 0 Å². The summed E-state index contributed by atoms with van der Waals surface area (Å²) in [5.41, 5.74) is 1.09. The van der Waals surface area contributed by atoms with Crippen molar-refractivity contribution in [1.29, 1.82) is 0 Å². The first-order valence-electron chi connectivity index (χ1n) is 9.45. The lowest BCUT2D eigenvalue weighted by Crippen LogP contribution is -2.53. The van der Waals surface area contributed by atoms with Crippen LogP contribution in [0.4, 0.5) is 0 Å². The Morgan fingerprint density at radius 3 is 2.74 bits per heavy atom. The Hall–Kier alpha value is -0.500. The largest absolute Gasteiger partial charge is 0.368 e. The van der Waals surface area contributed by atoms with Crippen LogP contribution in [0.3, 0.4) is 0 Å². The summed E-state index contributed by atoms with van der Waals surface area (Å²) in [6, 6.07) is 0. The highest BCUT2D eigenvalue weighted by Crippen LogP contribution is 2.67. The third-order valence-electron chi connectivity index (χ3n) is 8.36. The van der Waals surface area contributed by atoms with E-state index < -0.39 is 5.72 Å². The van der Waals surface area contributed by atoms with Crippen molar-refractivity contribution in [1.82, 2.24) is 0 Å². The average molecular weight is 332 g/mol. The molecular weight excluding hydrogens is 302 g/mol. The first-order chi connectivity index (χ1) is 10.9. The minimum Gasteiger partial charge on any atom is -0.368 e. The van der Waals surface area contributed by atoms with Crippen molar-refractivity contribution in [3.05, 3.63) is 11.6 Å². The molecule has 4 aliphatic carbocycles.